The van der Waals surface area contributed by atoms with Gasteiger partial charge in [0, 0.05) is 38.9 Å². The molecule has 0 saturated carbocycles. The molecule has 0 aliphatic carbocycles. The second kappa shape index (κ2) is 6.56. The van der Waals surface area contributed by atoms with Crippen LogP contribution in [0.5, 0.6) is 5.75 Å². The Morgan fingerprint density at radius 1 is 1.33 bits per heavy atom. The first-order valence-corrected chi connectivity index (χ1v) is 6.27. The minimum atomic E-state index is -0.243. The molecule has 0 amide bonds. The van der Waals surface area contributed by atoms with Crippen molar-refractivity contribution in [1.29, 1.82) is 0 Å². The third-order valence-electron chi connectivity index (χ3n) is 2.88. The zero-order valence-electron chi connectivity index (χ0n) is 10.6. The summed E-state index contributed by atoms with van der Waals surface area (Å²) >= 11 is 0. The van der Waals surface area contributed by atoms with Crippen molar-refractivity contribution < 1.29 is 13.9 Å². The minimum absolute atomic E-state index is 0.196. The summed E-state index contributed by atoms with van der Waals surface area (Å²) in [4.78, 5) is 2.13. The monoisotopic (exact) mass is 254 g/mol. The third-order valence-corrected chi connectivity index (χ3v) is 2.88. The molecule has 18 heavy (non-hydrogen) atoms. The van der Waals surface area contributed by atoms with Crippen LogP contribution in [0.2, 0.25) is 0 Å². The molecule has 0 bridgehead atoms. The van der Waals surface area contributed by atoms with Gasteiger partial charge in [-0.3, -0.25) is 0 Å². The first-order chi connectivity index (χ1) is 8.81. The van der Waals surface area contributed by atoms with Crippen LogP contribution in [0.25, 0.3) is 0 Å². The van der Waals surface area contributed by atoms with Crippen molar-refractivity contribution in [2.45, 2.75) is 6.92 Å². The molecule has 2 rings (SSSR count). The lowest BCUT2D eigenvalue weighted by molar-refractivity contribution is 0.0226. The zero-order valence-corrected chi connectivity index (χ0v) is 10.6. The number of anilines is 1. The van der Waals surface area contributed by atoms with E-state index in [1.165, 1.54) is 12.1 Å². The molecule has 1 aromatic rings. The standard InChI is InChI=1S/C13H19FN2O2/c1-2-17-10-18-13-4-3-11(14)9-12(13)16-7-5-15-6-8-16/h3-4,9,15H,2,5-8,10H2,1H3. The van der Waals surface area contributed by atoms with Gasteiger partial charge in [-0.15, -0.1) is 0 Å². The van der Waals surface area contributed by atoms with Gasteiger partial charge >= 0.3 is 0 Å². The van der Waals surface area contributed by atoms with Crippen molar-refractivity contribution in [2.75, 3.05) is 44.5 Å². The van der Waals surface area contributed by atoms with Crippen molar-refractivity contribution in [3.8, 4) is 5.75 Å². The van der Waals surface area contributed by atoms with Gasteiger partial charge in [-0.25, -0.2) is 4.39 Å². The van der Waals surface area contributed by atoms with E-state index in [0.717, 1.165) is 31.9 Å². The van der Waals surface area contributed by atoms with Gasteiger partial charge in [0.25, 0.3) is 0 Å². The Labute approximate surface area is 107 Å². The SMILES string of the molecule is CCOCOc1ccc(F)cc1N1CCNCC1. The molecule has 1 aromatic carbocycles. The number of ether oxygens (including phenoxy) is 2. The van der Waals surface area contributed by atoms with Gasteiger partial charge in [-0.1, -0.05) is 0 Å². The Bertz CT molecular complexity index is 381. The summed E-state index contributed by atoms with van der Waals surface area (Å²) in [5.41, 5.74) is 0.802. The highest BCUT2D eigenvalue weighted by Gasteiger charge is 2.15. The maximum Gasteiger partial charge on any atom is 0.189 e. The highest BCUT2D eigenvalue weighted by atomic mass is 19.1. The van der Waals surface area contributed by atoms with Crippen molar-refractivity contribution in [3.63, 3.8) is 0 Å². The van der Waals surface area contributed by atoms with Crippen LogP contribution >= 0.6 is 0 Å². The smallest absolute Gasteiger partial charge is 0.189 e. The summed E-state index contributed by atoms with van der Waals surface area (Å²) in [5, 5.41) is 3.27. The van der Waals surface area contributed by atoms with Gasteiger partial charge in [0.1, 0.15) is 11.6 Å². The molecule has 1 saturated heterocycles. The number of benzene rings is 1. The summed E-state index contributed by atoms with van der Waals surface area (Å²) in [6.45, 7) is 6.22. The van der Waals surface area contributed by atoms with E-state index < -0.39 is 0 Å². The Kier molecular flexibility index (Phi) is 4.78. The van der Waals surface area contributed by atoms with Crippen molar-refractivity contribution in [1.82, 2.24) is 5.32 Å². The lowest BCUT2D eigenvalue weighted by Gasteiger charge is -2.30. The van der Waals surface area contributed by atoms with Crippen molar-refractivity contribution in [2.24, 2.45) is 0 Å². The molecule has 4 nitrogen and oxygen atoms in total. The number of nitrogens with zero attached hydrogens (tertiary/aromatic N) is 1. The van der Waals surface area contributed by atoms with Gasteiger partial charge in [-0.05, 0) is 19.1 Å². The number of hydrogen-bond donors (Lipinski definition) is 1. The molecule has 0 spiro atoms. The molecule has 0 radical (unpaired) electrons. The first kappa shape index (κ1) is 13.1. The average Bonchev–Trinajstić information content (AvgIpc) is 2.41. The van der Waals surface area contributed by atoms with Crippen molar-refractivity contribution in [3.05, 3.63) is 24.0 Å². The summed E-state index contributed by atoms with van der Waals surface area (Å²) in [6.07, 6.45) is 0. The number of nitrogens with one attached hydrogen (secondary N) is 1. The second-order valence-electron chi connectivity index (χ2n) is 4.10. The Hall–Kier alpha value is -1.33. The molecule has 1 N–H and O–H groups in total. The van der Waals surface area contributed by atoms with E-state index in [1.807, 2.05) is 6.92 Å². The van der Waals surface area contributed by atoms with E-state index in [-0.39, 0.29) is 12.6 Å². The largest absolute Gasteiger partial charge is 0.465 e. The molecule has 1 heterocycles. The average molecular weight is 254 g/mol. The first-order valence-electron chi connectivity index (χ1n) is 6.27. The van der Waals surface area contributed by atoms with Crippen LogP contribution in [0.1, 0.15) is 6.92 Å². The summed E-state index contributed by atoms with van der Waals surface area (Å²) in [6, 6.07) is 4.59. The predicted molar refractivity (Wildman–Crippen MR) is 68.6 cm³/mol. The van der Waals surface area contributed by atoms with E-state index in [9.17, 15) is 4.39 Å². The quantitative estimate of drug-likeness (QED) is 0.639. The van der Waals surface area contributed by atoms with Crippen LogP contribution in [0.4, 0.5) is 10.1 Å². The van der Waals surface area contributed by atoms with E-state index in [4.69, 9.17) is 9.47 Å². The van der Waals surface area contributed by atoms with E-state index in [1.54, 1.807) is 6.07 Å². The van der Waals surface area contributed by atoms with Gasteiger partial charge in [0.15, 0.2) is 6.79 Å². The fourth-order valence-electron chi connectivity index (χ4n) is 1.95. The topological polar surface area (TPSA) is 33.7 Å². The van der Waals surface area contributed by atoms with Crippen LogP contribution in [-0.4, -0.2) is 39.6 Å². The van der Waals surface area contributed by atoms with Gasteiger partial charge < -0.3 is 19.7 Å². The summed E-state index contributed by atoms with van der Waals surface area (Å²) in [7, 11) is 0. The van der Waals surface area contributed by atoms with Gasteiger partial charge in [-0.2, -0.15) is 0 Å². The highest BCUT2D eigenvalue weighted by molar-refractivity contribution is 5.59. The van der Waals surface area contributed by atoms with E-state index >= 15 is 0 Å². The maximum absolute atomic E-state index is 13.4. The normalized spacial score (nSPS) is 15.8. The lowest BCUT2D eigenvalue weighted by Crippen LogP contribution is -2.43. The molecule has 100 valence electrons. The maximum atomic E-state index is 13.4. The summed E-state index contributed by atoms with van der Waals surface area (Å²) < 4.78 is 24.1. The Morgan fingerprint density at radius 3 is 2.83 bits per heavy atom. The lowest BCUT2D eigenvalue weighted by atomic mass is 10.2. The Balaban J connectivity index is 2.11. The van der Waals surface area contributed by atoms with E-state index in [0.29, 0.717) is 12.4 Å². The fourth-order valence-corrected chi connectivity index (χ4v) is 1.95. The van der Waals surface area contributed by atoms with E-state index in [2.05, 4.69) is 10.2 Å². The molecular weight excluding hydrogens is 235 g/mol. The Morgan fingerprint density at radius 2 is 2.11 bits per heavy atom. The molecule has 1 aliphatic rings. The molecule has 5 heteroatoms. The van der Waals surface area contributed by atoms with Gasteiger partial charge in [0.2, 0.25) is 0 Å². The molecule has 0 unspecified atom stereocenters. The van der Waals surface area contributed by atoms with Crippen LogP contribution in [0, 0.1) is 5.82 Å². The molecular formula is C13H19FN2O2. The highest BCUT2D eigenvalue weighted by Crippen LogP contribution is 2.29. The van der Waals surface area contributed by atoms with Gasteiger partial charge in [0.05, 0.1) is 5.69 Å². The molecule has 0 atom stereocenters. The van der Waals surface area contributed by atoms with Crippen LogP contribution in [0.3, 0.4) is 0 Å². The third kappa shape index (κ3) is 3.34. The minimum Gasteiger partial charge on any atom is -0.465 e. The number of halogens is 1. The predicted octanol–water partition coefficient (Wildman–Crippen LogP) is 1.61. The molecule has 1 fully saturated rings. The summed E-state index contributed by atoms with van der Waals surface area (Å²) in [5.74, 6) is 0.430. The molecule has 0 aromatic heterocycles. The number of rotatable bonds is 5. The molecule has 1 aliphatic heterocycles. The number of piperazine rings is 1. The zero-order chi connectivity index (χ0) is 12.8. The number of hydrogen-bond acceptors (Lipinski definition) is 4. The van der Waals surface area contributed by atoms with Crippen LogP contribution in [-0.2, 0) is 4.74 Å². The van der Waals surface area contributed by atoms with Crippen LogP contribution < -0.4 is 15.0 Å². The van der Waals surface area contributed by atoms with Crippen LogP contribution in [0.15, 0.2) is 18.2 Å². The van der Waals surface area contributed by atoms with Crippen molar-refractivity contribution >= 4 is 5.69 Å². The second-order valence-corrected chi connectivity index (χ2v) is 4.10. The fraction of sp³-hybridized carbons (Fsp3) is 0.538.